The Morgan fingerprint density at radius 3 is 2.19 bits per heavy atom. The van der Waals surface area contributed by atoms with Crippen molar-refractivity contribution in [3.63, 3.8) is 0 Å². The molecule has 0 aliphatic rings. The van der Waals surface area contributed by atoms with E-state index >= 15 is 0 Å². The van der Waals surface area contributed by atoms with Gasteiger partial charge in [-0.05, 0) is 54.1 Å². The molecule has 0 spiro atoms. The Hall–Kier alpha value is -1.80. The van der Waals surface area contributed by atoms with Crippen LogP contribution in [0.2, 0.25) is 10.0 Å². The minimum Gasteiger partial charge on any atom is -0.326 e. The number of benzene rings is 2. The maximum absolute atomic E-state index is 13.0. The van der Waals surface area contributed by atoms with Crippen LogP contribution in [0, 0.1) is 0 Å². The number of sulfonamides is 1. The fourth-order valence-electron chi connectivity index (χ4n) is 2.14. The van der Waals surface area contributed by atoms with Crippen LogP contribution in [0.1, 0.15) is 6.92 Å². The van der Waals surface area contributed by atoms with Gasteiger partial charge in [-0.1, -0.05) is 23.2 Å². The lowest BCUT2D eigenvalue weighted by atomic mass is 10.3. The molecule has 0 saturated heterocycles. The molecule has 1 amide bonds. The quantitative estimate of drug-likeness (QED) is 0.697. The Morgan fingerprint density at radius 2 is 1.69 bits per heavy atom. The smallest absolute Gasteiger partial charge is 0.264 e. The highest BCUT2D eigenvalue weighted by Gasteiger charge is 2.28. The fraction of sp³-hybridized carbons (Fsp3) is 0.125. The normalized spacial score (nSPS) is 11.1. The molecule has 2 rings (SSSR count). The molecule has 0 aliphatic carbocycles. The molecule has 1 N–H and O–H groups in total. The second-order valence-electron chi connectivity index (χ2n) is 5.17. The number of nitrogens with one attached hydrogen (secondary N) is 1. The molecule has 2 aromatic rings. The maximum Gasteiger partial charge on any atom is 0.264 e. The molecule has 0 aliphatic heterocycles. The van der Waals surface area contributed by atoms with E-state index in [0.717, 1.165) is 4.31 Å². The Bertz CT molecular complexity index is 946. The van der Waals surface area contributed by atoms with Gasteiger partial charge in [-0.25, -0.2) is 8.42 Å². The molecule has 0 fully saturated rings. The number of anilines is 2. The summed E-state index contributed by atoms with van der Waals surface area (Å²) in [4.78, 5) is 22.4. The molecule has 2 aromatic carbocycles. The van der Waals surface area contributed by atoms with Crippen molar-refractivity contribution in [2.24, 2.45) is 0 Å². The summed E-state index contributed by atoms with van der Waals surface area (Å²) in [7, 11) is -4.14. The van der Waals surface area contributed by atoms with Crippen molar-refractivity contribution in [3.05, 3.63) is 52.5 Å². The van der Waals surface area contributed by atoms with Crippen molar-refractivity contribution in [1.29, 1.82) is 0 Å². The first kappa shape index (κ1) is 20.5. The first-order chi connectivity index (χ1) is 12.1. The summed E-state index contributed by atoms with van der Waals surface area (Å²) in [6.45, 7) is 0.722. The van der Waals surface area contributed by atoms with Gasteiger partial charge in [0.05, 0.1) is 15.6 Å². The van der Waals surface area contributed by atoms with Crippen molar-refractivity contribution >= 4 is 67.4 Å². The average Bonchev–Trinajstić information content (AvgIpc) is 2.53. The van der Waals surface area contributed by atoms with Crippen LogP contribution in [0.5, 0.6) is 0 Å². The van der Waals surface area contributed by atoms with Gasteiger partial charge in [0, 0.05) is 17.6 Å². The largest absolute Gasteiger partial charge is 0.326 e. The summed E-state index contributed by atoms with van der Waals surface area (Å²) in [6, 6.07) is 9.65. The fourth-order valence-corrected chi connectivity index (χ4v) is 4.33. The van der Waals surface area contributed by atoms with Crippen molar-refractivity contribution in [3.8, 4) is 0 Å². The third kappa shape index (κ3) is 4.88. The van der Waals surface area contributed by atoms with Crippen LogP contribution < -0.4 is 9.62 Å². The molecule has 0 saturated carbocycles. The molecule has 0 bridgehead atoms. The molecule has 10 heteroatoms. The van der Waals surface area contributed by atoms with Crippen LogP contribution in [0.3, 0.4) is 0 Å². The molecule has 0 atom stereocenters. The zero-order valence-corrected chi connectivity index (χ0v) is 16.5. The minimum absolute atomic E-state index is 0.0499. The minimum atomic E-state index is -4.14. The predicted molar refractivity (Wildman–Crippen MR) is 103 cm³/mol. The number of hydrogen-bond donors (Lipinski definition) is 1. The second-order valence-corrected chi connectivity index (χ2v) is 8.30. The maximum atomic E-state index is 13.0. The number of halogens is 3. The monoisotopic (exact) mass is 434 g/mol. The lowest BCUT2D eigenvalue weighted by Gasteiger charge is -2.24. The molecular formula is C16H13Cl3N2O4S. The number of nitrogens with zero attached hydrogens (tertiary/aromatic N) is 1. The first-order valence-corrected chi connectivity index (χ1v) is 9.72. The summed E-state index contributed by atoms with van der Waals surface area (Å²) in [5.74, 6) is -0.289. The van der Waals surface area contributed by atoms with Crippen molar-refractivity contribution in [1.82, 2.24) is 0 Å². The van der Waals surface area contributed by atoms with E-state index in [2.05, 4.69) is 5.32 Å². The van der Waals surface area contributed by atoms with Crippen molar-refractivity contribution in [2.45, 2.75) is 11.8 Å². The van der Waals surface area contributed by atoms with Crippen LogP contribution in [0.15, 0.2) is 47.4 Å². The Morgan fingerprint density at radius 1 is 1.08 bits per heavy atom. The number of rotatable bonds is 6. The van der Waals surface area contributed by atoms with Crippen LogP contribution in [0.25, 0.3) is 0 Å². The van der Waals surface area contributed by atoms with Crippen LogP contribution in [0.4, 0.5) is 11.4 Å². The van der Waals surface area contributed by atoms with Crippen molar-refractivity contribution < 1.29 is 18.0 Å². The van der Waals surface area contributed by atoms with E-state index < -0.39 is 21.8 Å². The van der Waals surface area contributed by atoms with E-state index in [1.54, 1.807) is 0 Å². The lowest BCUT2D eigenvalue weighted by Crippen LogP contribution is -2.34. The van der Waals surface area contributed by atoms with Crippen molar-refractivity contribution in [2.75, 3.05) is 16.2 Å². The molecular weight excluding hydrogens is 423 g/mol. The average molecular weight is 436 g/mol. The molecule has 0 heterocycles. The predicted octanol–water partition coefficient (Wildman–Crippen LogP) is 3.91. The number of hydrogen-bond acceptors (Lipinski definition) is 4. The molecule has 26 heavy (non-hydrogen) atoms. The summed E-state index contributed by atoms with van der Waals surface area (Å²) < 4.78 is 26.8. The highest BCUT2D eigenvalue weighted by molar-refractivity contribution is 7.92. The number of carbonyl (C=O) groups is 2. The summed E-state index contributed by atoms with van der Waals surface area (Å²) >= 11 is 17.3. The van der Waals surface area contributed by atoms with E-state index in [-0.39, 0.29) is 21.5 Å². The van der Waals surface area contributed by atoms with E-state index in [0.29, 0.717) is 10.7 Å². The topological polar surface area (TPSA) is 83.6 Å². The summed E-state index contributed by atoms with van der Waals surface area (Å²) in [5.41, 5.74) is 0.497. The van der Waals surface area contributed by atoms with Crippen LogP contribution in [-0.2, 0) is 19.6 Å². The molecule has 6 nitrogen and oxygen atoms in total. The highest BCUT2D eigenvalue weighted by atomic mass is 35.5. The third-order valence-electron chi connectivity index (χ3n) is 3.21. The van der Waals surface area contributed by atoms with Crippen LogP contribution >= 0.6 is 34.8 Å². The zero-order chi connectivity index (χ0) is 19.5. The second kappa shape index (κ2) is 8.26. The van der Waals surface area contributed by atoms with Gasteiger partial charge in [-0.3, -0.25) is 13.9 Å². The van der Waals surface area contributed by atoms with Gasteiger partial charge in [0.2, 0.25) is 11.1 Å². The molecule has 138 valence electrons. The molecule has 0 unspecified atom stereocenters. The van der Waals surface area contributed by atoms with Gasteiger partial charge in [0.25, 0.3) is 10.0 Å². The first-order valence-electron chi connectivity index (χ1n) is 7.15. The zero-order valence-electron chi connectivity index (χ0n) is 13.4. The number of carbonyl (C=O) groups excluding carboxylic acids is 2. The Kier molecular flexibility index (Phi) is 6.52. The van der Waals surface area contributed by atoms with E-state index in [4.69, 9.17) is 34.8 Å². The lowest BCUT2D eigenvalue weighted by molar-refractivity contribution is -0.114. The van der Waals surface area contributed by atoms with E-state index in [1.807, 2.05) is 0 Å². The summed E-state index contributed by atoms with van der Waals surface area (Å²) in [6.07, 6.45) is 0. The van der Waals surface area contributed by atoms with E-state index in [1.165, 1.54) is 49.4 Å². The molecule has 0 aromatic heterocycles. The Labute approximate surface area is 165 Å². The third-order valence-corrected chi connectivity index (χ3v) is 5.64. The van der Waals surface area contributed by atoms with Gasteiger partial charge in [0.15, 0.2) is 0 Å². The SMILES string of the molecule is CC(=O)Nc1ccc(S(=O)(=O)N(CC(=O)Cl)c2ccc(Cl)cc2Cl)cc1. The van der Waals surface area contributed by atoms with Crippen LogP contribution in [-0.4, -0.2) is 26.1 Å². The standard InChI is InChI=1S/C16H13Cl3N2O4S/c1-10(22)20-12-3-5-13(6-4-12)26(24,25)21(9-16(19)23)15-7-2-11(17)8-14(15)18/h2-8H,9H2,1H3,(H,20,22). The van der Waals surface area contributed by atoms with Gasteiger partial charge in [-0.2, -0.15) is 0 Å². The highest BCUT2D eigenvalue weighted by Crippen LogP contribution is 2.33. The number of amides is 1. The van der Waals surface area contributed by atoms with Gasteiger partial charge >= 0.3 is 0 Å². The summed E-state index contributed by atoms with van der Waals surface area (Å²) in [5, 5.41) is 2.02. The van der Waals surface area contributed by atoms with Gasteiger partial charge < -0.3 is 5.32 Å². The Balaban J connectivity index is 2.49. The van der Waals surface area contributed by atoms with E-state index in [9.17, 15) is 18.0 Å². The molecule has 0 radical (unpaired) electrons. The van der Waals surface area contributed by atoms with Gasteiger partial charge in [0.1, 0.15) is 6.54 Å². The van der Waals surface area contributed by atoms with Gasteiger partial charge in [-0.15, -0.1) is 0 Å².